The number of benzene rings is 1. The van der Waals surface area contributed by atoms with Gasteiger partial charge >= 0.3 is 0 Å². The highest BCUT2D eigenvalue weighted by Crippen LogP contribution is 2.31. The highest BCUT2D eigenvalue weighted by molar-refractivity contribution is 5.46. The van der Waals surface area contributed by atoms with Crippen molar-refractivity contribution in [3.05, 3.63) is 29.8 Å². The third-order valence-electron chi connectivity index (χ3n) is 4.61. The van der Waals surface area contributed by atoms with Crippen LogP contribution < -0.4 is 5.32 Å². The van der Waals surface area contributed by atoms with Gasteiger partial charge in [-0.2, -0.15) is 0 Å². The van der Waals surface area contributed by atoms with Gasteiger partial charge in [-0.1, -0.05) is 38.8 Å². The Bertz CT molecular complexity index is 391. The first-order valence-corrected chi connectivity index (χ1v) is 7.67. The van der Waals surface area contributed by atoms with Gasteiger partial charge in [-0.15, -0.1) is 0 Å². The standard InChI is InChI=1S/C17H27NO/c1-13-6-3-10-17(14(13)2)18-16-9-4-7-15(12-16)8-5-11-19/h4,7,9,12-14,17-19H,3,5-6,8,10-11H2,1-2H3. The molecule has 0 heterocycles. The molecule has 0 bridgehead atoms. The number of hydrogen-bond donors (Lipinski definition) is 2. The van der Waals surface area contributed by atoms with E-state index >= 15 is 0 Å². The molecular weight excluding hydrogens is 234 g/mol. The summed E-state index contributed by atoms with van der Waals surface area (Å²) in [7, 11) is 0. The summed E-state index contributed by atoms with van der Waals surface area (Å²) in [5, 5.41) is 12.6. The van der Waals surface area contributed by atoms with Gasteiger partial charge in [-0.3, -0.25) is 0 Å². The number of aliphatic hydroxyl groups is 1. The smallest absolute Gasteiger partial charge is 0.0434 e. The minimum absolute atomic E-state index is 0.273. The Morgan fingerprint density at radius 3 is 2.89 bits per heavy atom. The number of aryl methyl sites for hydroxylation is 1. The fraction of sp³-hybridized carbons (Fsp3) is 0.647. The van der Waals surface area contributed by atoms with Gasteiger partial charge in [0.2, 0.25) is 0 Å². The molecule has 2 rings (SSSR count). The first-order chi connectivity index (χ1) is 9.20. The van der Waals surface area contributed by atoms with Gasteiger partial charge in [0.15, 0.2) is 0 Å². The fourth-order valence-electron chi connectivity index (χ4n) is 3.10. The van der Waals surface area contributed by atoms with Crippen molar-refractivity contribution in [1.82, 2.24) is 0 Å². The summed E-state index contributed by atoms with van der Waals surface area (Å²) in [6, 6.07) is 9.27. The van der Waals surface area contributed by atoms with Crippen LogP contribution in [0.3, 0.4) is 0 Å². The molecule has 1 aromatic rings. The van der Waals surface area contributed by atoms with Gasteiger partial charge < -0.3 is 10.4 Å². The van der Waals surface area contributed by atoms with Crippen molar-refractivity contribution >= 4 is 5.69 Å². The van der Waals surface area contributed by atoms with E-state index in [1.165, 1.54) is 30.5 Å². The van der Waals surface area contributed by atoms with Crippen LogP contribution in [0.2, 0.25) is 0 Å². The summed E-state index contributed by atoms with van der Waals surface area (Å²) in [6.07, 6.45) is 5.80. The van der Waals surface area contributed by atoms with Crippen molar-refractivity contribution in [2.45, 2.75) is 52.0 Å². The van der Waals surface area contributed by atoms with Crippen molar-refractivity contribution in [2.24, 2.45) is 11.8 Å². The molecule has 0 amide bonds. The second kappa shape index (κ2) is 6.95. The maximum atomic E-state index is 8.91. The molecule has 0 radical (unpaired) electrons. The summed E-state index contributed by atoms with van der Waals surface area (Å²) in [6.45, 7) is 5.02. The lowest BCUT2D eigenvalue weighted by Gasteiger charge is -2.35. The molecule has 0 spiro atoms. The third-order valence-corrected chi connectivity index (χ3v) is 4.61. The molecule has 2 N–H and O–H groups in total. The predicted octanol–water partition coefficient (Wildman–Crippen LogP) is 3.85. The largest absolute Gasteiger partial charge is 0.396 e. The number of hydrogen-bond acceptors (Lipinski definition) is 2. The average molecular weight is 261 g/mol. The summed E-state index contributed by atoms with van der Waals surface area (Å²) in [5.41, 5.74) is 2.55. The number of anilines is 1. The fourth-order valence-corrected chi connectivity index (χ4v) is 3.10. The Morgan fingerprint density at radius 2 is 2.11 bits per heavy atom. The van der Waals surface area contributed by atoms with E-state index < -0.39 is 0 Å². The quantitative estimate of drug-likeness (QED) is 0.844. The topological polar surface area (TPSA) is 32.3 Å². The van der Waals surface area contributed by atoms with Gasteiger partial charge in [-0.25, -0.2) is 0 Å². The summed E-state index contributed by atoms with van der Waals surface area (Å²) >= 11 is 0. The molecule has 19 heavy (non-hydrogen) atoms. The number of rotatable bonds is 5. The van der Waals surface area contributed by atoms with Gasteiger partial charge in [-0.05, 0) is 48.8 Å². The first kappa shape index (κ1) is 14.4. The Morgan fingerprint density at radius 1 is 1.26 bits per heavy atom. The van der Waals surface area contributed by atoms with Crippen LogP contribution in [-0.4, -0.2) is 17.8 Å². The van der Waals surface area contributed by atoms with Crippen LogP contribution in [0, 0.1) is 11.8 Å². The predicted molar refractivity (Wildman–Crippen MR) is 81.4 cm³/mol. The second-order valence-corrected chi connectivity index (χ2v) is 6.05. The first-order valence-electron chi connectivity index (χ1n) is 7.67. The Hall–Kier alpha value is -1.02. The second-order valence-electron chi connectivity index (χ2n) is 6.05. The van der Waals surface area contributed by atoms with Crippen molar-refractivity contribution in [3.8, 4) is 0 Å². The summed E-state index contributed by atoms with van der Waals surface area (Å²) in [4.78, 5) is 0. The Labute approximate surface area is 117 Å². The lowest BCUT2D eigenvalue weighted by Crippen LogP contribution is -2.34. The molecule has 0 aromatic heterocycles. The molecule has 0 aliphatic heterocycles. The van der Waals surface area contributed by atoms with Crippen LogP contribution in [-0.2, 0) is 6.42 Å². The normalized spacial score (nSPS) is 27.2. The monoisotopic (exact) mass is 261 g/mol. The number of nitrogens with one attached hydrogen (secondary N) is 1. The zero-order valence-electron chi connectivity index (χ0n) is 12.2. The van der Waals surface area contributed by atoms with Crippen molar-refractivity contribution in [2.75, 3.05) is 11.9 Å². The minimum atomic E-state index is 0.273. The lowest BCUT2D eigenvalue weighted by atomic mass is 9.78. The molecule has 1 fully saturated rings. The third kappa shape index (κ3) is 3.97. The molecule has 1 aliphatic carbocycles. The van der Waals surface area contributed by atoms with E-state index in [1.54, 1.807) is 0 Å². The SMILES string of the molecule is CC1CCCC(Nc2cccc(CCCO)c2)C1C. The zero-order chi connectivity index (χ0) is 13.7. The van der Waals surface area contributed by atoms with E-state index in [4.69, 9.17) is 5.11 Å². The molecule has 1 aromatic carbocycles. The molecule has 0 saturated heterocycles. The van der Waals surface area contributed by atoms with Crippen LogP contribution in [0.25, 0.3) is 0 Å². The van der Waals surface area contributed by atoms with E-state index in [2.05, 4.69) is 43.4 Å². The van der Waals surface area contributed by atoms with Crippen LogP contribution in [0.1, 0.15) is 45.1 Å². The van der Waals surface area contributed by atoms with Crippen LogP contribution in [0.5, 0.6) is 0 Å². The zero-order valence-corrected chi connectivity index (χ0v) is 12.2. The summed E-state index contributed by atoms with van der Waals surface area (Å²) in [5.74, 6) is 1.57. The molecule has 1 saturated carbocycles. The summed E-state index contributed by atoms with van der Waals surface area (Å²) < 4.78 is 0. The highest BCUT2D eigenvalue weighted by atomic mass is 16.2. The van der Waals surface area contributed by atoms with E-state index in [0.717, 1.165) is 24.7 Å². The van der Waals surface area contributed by atoms with Gasteiger partial charge in [0.25, 0.3) is 0 Å². The molecule has 1 aliphatic rings. The van der Waals surface area contributed by atoms with Gasteiger partial charge in [0.1, 0.15) is 0 Å². The van der Waals surface area contributed by atoms with Gasteiger partial charge in [0, 0.05) is 18.3 Å². The molecule has 106 valence electrons. The van der Waals surface area contributed by atoms with E-state index in [9.17, 15) is 0 Å². The van der Waals surface area contributed by atoms with Crippen molar-refractivity contribution in [3.63, 3.8) is 0 Å². The maximum absolute atomic E-state index is 8.91. The number of aliphatic hydroxyl groups excluding tert-OH is 1. The Kier molecular flexibility index (Phi) is 5.26. The Balaban J connectivity index is 1.98. The van der Waals surface area contributed by atoms with Crippen LogP contribution in [0.15, 0.2) is 24.3 Å². The van der Waals surface area contributed by atoms with Crippen molar-refractivity contribution < 1.29 is 5.11 Å². The van der Waals surface area contributed by atoms with Crippen LogP contribution >= 0.6 is 0 Å². The van der Waals surface area contributed by atoms with Crippen LogP contribution in [0.4, 0.5) is 5.69 Å². The highest BCUT2D eigenvalue weighted by Gasteiger charge is 2.26. The maximum Gasteiger partial charge on any atom is 0.0434 e. The van der Waals surface area contributed by atoms with E-state index in [1.807, 2.05) is 0 Å². The molecule has 3 atom stereocenters. The molecule has 2 nitrogen and oxygen atoms in total. The molecular formula is C17H27NO. The van der Waals surface area contributed by atoms with E-state index in [-0.39, 0.29) is 6.61 Å². The molecule has 2 heteroatoms. The van der Waals surface area contributed by atoms with Gasteiger partial charge in [0.05, 0.1) is 0 Å². The molecule has 3 unspecified atom stereocenters. The van der Waals surface area contributed by atoms with E-state index in [0.29, 0.717) is 6.04 Å². The minimum Gasteiger partial charge on any atom is -0.396 e. The average Bonchev–Trinajstić information content (AvgIpc) is 2.42. The van der Waals surface area contributed by atoms with Crippen molar-refractivity contribution in [1.29, 1.82) is 0 Å². The lowest BCUT2D eigenvalue weighted by molar-refractivity contribution is 0.253.